The van der Waals surface area contributed by atoms with Crippen LogP contribution in [0.5, 0.6) is 0 Å². The lowest BCUT2D eigenvalue weighted by Crippen LogP contribution is -2.24. The van der Waals surface area contributed by atoms with Crippen molar-refractivity contribution < 1.29 is 9.32 Å². The maximum absolute atomic E-state index is 12.8. The van der Waals surface area contributed by atoms with Crippen LogP contribution >= 0.6 is 11.6 Å². The van der Waals surface area contributed by atoms with E-state index in [0.717, 1.165) is 5.69 Å². The number of benzene rings is 1. The number of carbonyl (C=O) groups is 1. The fraction of sp³-hybridized carbons (Fsp3) is 0.105. The highest BCUT2D eigenvalue weighted by molar-refractivity contribution is 6.33. The molecule has 0 aliphatic heterocycles. The second-order valence-corrected chi connectivity index (χ2v) is 6.40. The predicted octanol–water partition coefficient (Wildman–Crippen LogP) is 3.21. The molecule has 1 N–H and O–H groups in total. The number of hydrogen-bond donors (Lipinski definition) is 1. The summed E-state index contributed by atoms with van der Waals surface area (Å²) in [5.74, 6) is 0.0797. The number of aryl methyl sites for hydroxylation is 1. The van der Waals surface area contributed by atoms with Crippen molar-refractivity contribution in [2.45, 2.75) is 13.5 Å². The first-order chi connectivity index (χ1) is 13.6. The van der Waals surface area contributed by atoms with Gasteiger partial charge >= 0.3 is 0 Å². The van der Waals surface area contributed by atoms with Crippen molar-refractivity contribution >= 4 is 17.5 Å². The lowest BCUT2D eigenvalue weighted by atomic mass is 10.1. The molecule has 1 amide bonds. The number of carbonyl (C=O) groups excluding carboxylic acids is 1. The number of nitrogens with one attached hydrogen (secondary N) is 1. The Kier molecular flexibility index (Phi) is 4.86. The molecule has 28 heavy (non-hydrogen) atoms. The minimum atomic E-state index is -0.329. The molecular formula is C19H15ClN6O2. The molecule has 0 atom stereocenters. The molecule has 0 unspecified atom stereocenters. The van der Waals surface area contributed by atoms with Gasteiger partial charge < -0.3 is 9.84 Å². The van der Waals surface area contributed by atoms with Crippen LogP contribution in [0.4, 0.5) is 0 Å². The molecule has 8 nitrogen and oxygen atoms in total. The number of aromatic nitrogens is 5. The van der Waals surface area contributed by atoms with Gasteiger partial charge in [0.05, 0.1) is 29.6 Å². The summed E-state index contributed by atoms with van der Waals surface area (Å²) in [5.41, 5.74) is 2.76. The Balaban J connectivity index is 1.52. The quantitative estimate of drug-likeness (QED) is 0.558. The van der Waals surface area contributed by atoms with Gasteiger partial charge in [0.1, 0.15) is 22.7 Å². The van der Waals surface area contributed by atoms with Gasteiger partial charge in [0.2, 0.25) is 0 Å². The summed E-state index contributed by atoms with van der Waals surface area (Å²) in [6, 6.07) is 10.8. The number of nitrogens with zero attached hydrogens (tertiary/aromatic N) is 5. The molecule has 9 heteroatoms. The molecular weight excluding hydrogens is 380 g/mol. The largest absolute Gasteiger partial charge is 0.360 e. The minimum absolute atomic E-state index is 0.200. The van der Waals surface area contributed by atoms with Crippen LogP contribution in [0.2, 0.25) is 5.02 Å². The average Bonchev–Trinajstić information content (AvgIpc) is 3.34. The maximum Gasteiger partial charge on any atom is 0.257 e. The fourth-order valence-corrected chi connectivity index (χ4v) is 2.96. The topological polar surface area (TPSA) is 98.7 Å². The molecule has 3 heterocycles. The smallest absolute Gasteiger partial charge is 0.257 e. The van der Waals surface area contributed by atoms with Crippen molar-refractivity contribution in [2.24, 2.45) is 0 Å². The first kappa shape index (κ1) is 17.9. The zero-order valence-corrected chi connectivity index (χ0v) is 15.6. The van der Waals surface area contributed by atoms with Crippen molar-refractivity contribution in [2.75, 3.05) is 0 Å². The van der Waals surface area contributed by atoms with E-state index in [1.165, 1.54) is 0 Å². The molecule has 0 saturated heterocycles. The Morgan fingerprint density at radius 2 is 2.11 bits per heavy atom. The number of halogens is 1. The molecule has 0 saturated carbocycles. The van der Waals surface area contributed by atoms with E-state index in [2.05, 4.69) is 25.8 Å². The summed E-state index contributed by atoms with van der Waals surface area (Å²) < 4.78 is 6.82. The highest BCUT2D eigenvalue weighted by atomic mass is 35.5. The van der Waals surface area contributed by atoms with Crippen molar-refractivity contribution in [1.29, 1.82) is 0 Å². The van der Waals surface area contributed by atoms with Crippen LogP contribution in [0.3, 0.4) is 0 Å². The molecule has 0 aliphatic carbocycles. The summed E-state index contributed by atoms with van der Waals surface area (Å²) in [5, 5.41) is 15.4. The summed E-state index contributed by atoms with van der Waals surface area (Å²) in [7, 11) is 0. The van der Waals surface area contributed by atoms with Crippen molar-refractivity contribution in [3.63, 3.8) is 0 Å². The van der Waals surface area contributed by atoms with Crippen LogP contribution in [-0.4, -0.2) is 31.0 Å². The summed E-state index contributed by atoms with van der Waals surface area (Å²) in [6.07, 6.45) is 5.08. The molecule has 0 spiro atoms. The molecule has 0 radical (unpaired) electrons. The number of rotatable bonds is 5. The second kappa shape index (κ2) is 7.61. The highest BCUT2D eigenvalue weighted by Crippen LogP contribution is 2.30. The maximum atomic E-state index is 12.8. The average molecular weight is 395 g/mol. The normalized spacial score (nSPS) is 10.8. The van der Waals surface area contributed by atoms with E-state index in [9.17, 15) is 4.79 Å². The third-order valence-corrected chi connectivity index (χ3v) is 4.43. The first-order valence-corrected chi connectivity index (χ1v) is 8.82. The van der Waals surface area contributed by atoms with Crippen LogP contribution in [0.25, 0.3) is 16.9 Å². The lowest BCUT2D eigenvalue weighted by Gasteiger charge is -2.05. The standard InChI is InChI=1S/C19H15ClN6O2/c1-12-17(18(24-28-12)15-6-2-3-7-16(15)20)19(27)22-9-13-11-26(25-23-13)14-5-4-8-21-10-14/h2-8,10-11H,9H2,1H3,(H,22,27). The molecule has 3 aromatic heterocycles. The Labute approximate surface area is 165 Å². The van der Waals surface area contributed by atoms with Gasteiger partial charge in [-0.15, -0.1) is 5.10 Å². The van der Waals surface area contributed by atoms with E-state index in [1.54, 1.807) is 42.3 Å². The van der Waals surface area contributed by atoms with E-state index < -0.39 is 0 Å². The Hall–Kier alpha value is -3.52. The van der Waals surface area contributed by atoms with Crippen molar-refractivity contribution in [1.82, 2.24) is 30.5 Å². The third kappa shape index (κ3) is 3.49. The SMILES string of the molecule is Cc1onc(-c2ccccc2Cl)c1C(=O)NCc1cn(-c2cccnc2)nn1. The van der Waals surface area contributed by atoms with Gasteiger partial charge in [-0.25, -0.2) is 4.68 Å². The van der Waals surface area contributed by atoms with Crippen LogP contribution in [0.1, 0.15) is 21.8 Å². The molecule has 4 aromatic rings. The van der Waals surface area contributed by atoms with Crippen molar-refractivity contribution in [3.8, 4) is 16.9 Å². The summed E-state index contributed by atoms with van der Waals surface area (Å²) >= 11 is 6.24. The number of amides is 1. The Bertz CT molecular complexity index is 1120. The monoisotopic (exact) mass is 394 g/mol. The lowest BCUT2D eigenvalue weighted by molar-refractivity contribution is 0.0949. The predicted molar refractivity (Wildman–Crippen MR) is 102 cm³/mol. The van der Waals surface area contributed by atoms with Gasteiger partial charge in [0.25, 0.3) is 5.91 Å². The fourth-order valence-electron chi connectivity index (χ4n) is 2.73. The van der Waals surface area contributed by atoms with Gasteiger partial charge in [-0.3, -0.25) is 9.78 Å². The highest BCUT2D eigenvalue weighted by Gasteiger charge is 2.23. The van der Waals surface area contributed by atoms with Gasteiger partial charge in [0, 0.05) is 11.8 Å². The van der Waals surface area contributed by atoms with Crippen molar-refractivity contribution in [3.05, 3.63) is 77.0 Å². The summed E-state index contributed by atoms with van der Waals surface area (Å²) in [6.45, 7) is 1.88. The van der Waals surface area contributed by atoms with Crippen LogP contribution in [0, 0.1) is 6.92 Å². The van der Waals surface area contributed by atoms with Crippen LogP contribution < -0.4 is 5.32 Å². The first-order valence-electron chi connectivity index (χ1n) is 8.44. The van der Waals surface area contributed by atoms with Gasteiger partial charge in [-0.2, -0.15) is 0 Å². The zero-order valence-electron chi connectivity index (χ0n) is 14.8. The van der Waals surface area contributed by atoms with E-state index in [4.69, 9.17) is 16.1 Å². The number of pyridine rings is 1. The minimum Gasteiger partial charge on any atom is -0.360 e. The molecule has 0 aliphatic rings. The third-order valence-electron chi connectivity index (χ3n) is 4.10. The van der Waals surface area contributed by atoms with Gasteiger partial charge in [0.15, 0.2) is 0 Å². The number of hydrogen-bond acceptors (Lipinski definition) is 6. The van der Waals surface area contributed by atoms with E-state index in [0.29, 0.717) is 33.3 Å². The second-order valence-electron chi connectivity index (χ2n) is 5.99. The van der Waals surface area contributed by atoms with E-state index in [1.807, 2.05) is 24.3 Å². The molecule has 140 valence electrons. The molecule has 1 aromatic carbocycles. The molecule has 4 rings (SSSR count). The van der Waals surface area contributed by atoms with E-state index >= 15 is 0 Å². The Morgan fingerprint density at radius 3 is 2.89 bits per heavy atom. The van der Waals surface area contributed by atoms with E-state index in [-0.39, 0.29) is 12.5 Å². The van der Waals surface area contributed by atoms with Crippen LogP contribution in [0.15, 0.2) is 59.5 Å². The molecule has 0 fully saturated rings. The Morgan fingerprint density at radius 1 is 1.25 bits per heavy atom. The summed E-state index contributed by atoms with van der Waals surface area (Å²) in [4.78, 5) is 16.8. The van der Waals surface area contributed by atoms with Crippen LogP contribution in [-0.2, 0) is 6.54 Å². The zero-order chi connectivity index (χ0) is 19.5. The van der Waals surface area contributed by atoms with Gasteiger partial charge in [-0.05, 0) is 25.1 Å². The van der Waals surface area contributed by atoms with Gasteiger partial charge in [-0.1, -0.05) is 40.2 Å². The molecule has 0 bridgehead atoms.